The summed E-state index contributed by atoms with van der Waals surface area (Å²) >= 11 is 10.5. The van der Waals surface area contributed by atoms with E-state index in [0.29, 0.717) is 24.7 Å². The van der Waals surface area contributed by atoms with Crippen molar-refractivity contribution in [3.8, 4) is 39.8 Å². The molecule has 1 atom stereocenters. The van der Waals surface area contributed by atoms with Gasteiger partial charge in [0.1, 0.15) is 23.9 Å². The molecule has 0 saturated heterocycles. The van der Waals surface area contributed by atoms with Crippen molar-refractivity contribution in [3.05, 3.63) is 106 Å². The number of thioether (sulfide) groups is 1. The van der Waals surface area contributed by atoms with Crippen LogP contribution in [0.4, 0.5) is 0 Å². The van der Waals surface area contributed by atoms with Crippen LogP contribution in [-0.4, -0.2) is 44.7 Å². The number of aromatic hydroxyl groups is 1. The second-order valence-corrected chi connectivity index (χ2v) is 12.4. The number of methoxy groups -OCH3 is 1. The maximum Gasteiger partial charge on any atom is 0.191 e. The minimum Gasteiger partial charge on any atom is -0.508 e. The van der Waals surface area contributed by atoms with Crippen LogP contribution >= 0.6 is 46.0 Å². The van der Waals surface area contributed by atoms with E-state index < -0.39 is 0 Å². The number of nitrogens with zero attached hydrogens (tertiary/aromatic N) is 3. The maximum atomic E-state index is 10.2. The Kier molecular flexibility index (Phi) is 9.74. The summed E-state index contributed by atoms with van der Waals surface area (Å²) in [4.78, 5) is 0. The Bertz CT molecular complexity index is 1590. The molecule has 1 N–H and O–H groups in total. The number of hydrogen-bond donors (Lipinski definition) is 1. The molecule has 5 rings (SSSR count). The zero-order valence-corrected chi connectivity index (χ0v) is 26.4. The largest absolute Gasteiger partial charge is 0.508 e. The average Bonchev–Trinajstić information content (AvgIpc) is 3.37. The molecule has 0 aliphatic carbocycles. The summed E-state index contributed by atoms with van der Waals surface area (Å²) in [7, 11) is 1.65. The molecule has 0 bridgehead atoms. The van der Waals surface area contributed by atoms with Gasteiger partial charge < -0.3 is 14.6 Å². The first-order valence-electron chi connectivity index (χ1n) is 13.0. The summed E-state index contributed by atoms with van der Waals surface area (Å²) in [5, 5.41) is 19.7. The van der Waals surface area contributed by atoms with Gasteiger partial charge in [-0.15, -0.1) is 21.8 Å². The SMILES string of the molecule is COc1ccc(Cn2c(SCC(Cl)COc3ccccc3-c3ccc(C)cc3)nnc2-c2cc(O)cc(I)c2)cc1. The Balaban J connectivity index is 1.31. The first-order valence-corrected chi connectivity index (χ1v) is 15.5. The summed E-state index contributed by atoms with van der Waals surface area (Å²) in [6, 6.07) is 29.7. The zero-order valence-electron chi connectivity index (χ0n) is 22.6. The van der Waals surface area contributed by atoms with Crippen LogP contribution in [0.1, 0.15) is 11.1 Å². The molecule has 5 aromatic rings. The van der Waals surface area contributed by atoms with Crippen LogP contribution in [0, 0.1) is 10.5 Å². The molecule has 0 radical (unpaired) electrons. The molecular weight excluding hydrogens is 669 g/mol. The summed E-state index contributed by atoms with van der Waals surface area (Å²) in [5.74, 6) is 3.03. The molecule has 0 saturated carbocycles. The second kappa shape index (κ2) is 13.6. The molecule has 0 fully saturated rings. The van der Waals surface area contributed by atoms with E-state index in [-0.39, 0.29) is 11.1 Å². The molecule has 0 amide bonds. The monoisotopic (exact) mass is 697 g/mol. The van der Waals surface area contributed by atoms with Gasteiger partial charge in [-0.3, -0.25) is 4.57 Å². The number of aromatic nitrogens is 3. The van der Waals surface area contributed by atoms with Crippen molar-refractivity contribution in [1.82, 2.24) is 14.8 Å². The number of halogens is 2. The molecule has 210 valence electrons. The van der Waals surface area contributed by atoms with Crippen molar-refractivity contribution in [3.63, 3.8) is 0 Å². The van der Waals surface area contributed by atoms with Gasteiger partial charge in [0.05, 0.1) is 19.0 Å². The lowest BCUT2D eigenvalue weighted by Crippen LogP contribution is -2.15. The average molecular weight is 698 g/mol. The van der Waals surface area contributed by atoms with E-state index in [1.807, 2.05) is 48.5 Å². The predicted molar refractivity (Wildman–Crippen MR) is 174 cm³/mol. The minimum atomic E-state index is -0.262. The lowest BCUT2D eigenvalue weighted by Gasteiger charge is -2.15. The Hall–Kier alpha value is -3.21. The lowest BCUT2D eigenvalue weighted by atomic mass is 10.0. The highest BCUT2D eigenvalue weighted by molar-refractivity contribution is 14.1. The summed E-state index contributed by atoms with van der Waals surface area (Å²) in [6.45, 7) is 2.98. The van der Waals surface area contributed by atoms with E-state index in [1.54, 1.807) is 19.2 Å². The van der Waals surface area contributed by atoms with Gasteiger partial charge >= 0.3 is 0 Å². The van der Waals surface area contributed by atoms with Gasteiger partial charge in [-0.05, 0) is 77.0 Å². The Morgan fingerprint density at radius 1 is 0.951 bits per heavy atom. The highest BCUT2D eigenvalue weighted by atomic mass is 127. The van der Waals surface area contributed by atoms with Crippen LogP contribution in [0.3, 0.4) is 0 Å². The molecule has 0 aliphatic rings. The standard InChI is InChI=1S/C32H29ClIN3O3S/c1-21-7-11-23(12-8-21)29-5-3-4-6-30(29)40-19-25(33)20-41-32-36-35-31(24-15-26(34)17-27(38)16-24)37(32)18-22-9-13-28(39-2)14-10-22/h3-17,25,38H,18-20H2,1-2H3. The number of hydrogen-bond acceptors (Lipinski definition) is 6. The van der Waals surface area contributed by atoms with E-state index in [9.17, 15) is 5.11 Å². The molecule has 0 aliphatic heterocycles. The number of rotatable bonds is 11. The van der Waals surface area contributed by atoms with E-state index in [0.717, 1.165) is 42.5 Å². The van der Waals surface area contributed by atoms with Gasteiger partial charge in [0, 0.05) is 20.4 Å². The van der Waals surface area contributed by atoms with Gasteiger partial charge in [-0.1, -0.05) is 71.9 Å². The van der Waals surface area contributed by atoms with Gasteiger partial charge in [0.15, 0.2) is 11.0 Å². The number of phenolic OH excluding ortho intramolecular Hbond substituents is 1. The first-order chi connectivity index (χ1) is 19.9. The molecule has 1 aromatic heterocycles. The Morgan fingerprint density at radius 2 is 1.71 bits per heavy atom. The number of phenols is 1. The fraction of sp³-hybridized carbons (Fsp3) is 0.188. The van der Waals surface area contributed by atoms with E-state index in [1.165, 1.54) is 17.3 Å². The van der Waals surface area contributed by atoms with Crippen molar-refractivity contribution in [2.45, 2.75) is 24.0 Å². The maximum absolute atomic E-state index is 10.2. The van der Waals surface area contributed by atoms with Gasteiger partial charge in [-0.25, -0.2) is 0 Å². The van der Waals surface area contributed by atoms with Crippen molar-refractivity contribution < 1.29 is 14.6 Å². The number of ether oxygens (including phenoxy) is 2. The van der Waals surface area contributed by atoms with Crippen molar-refractivity contribution in [1.29, 1.82) is 0 Å². The molecular formula is C32H29ClIN3O3S. The molecule has 4 aromatic carbocycles. The van der Waals surface area contributed by atoms with Crippen LogP contribution in [0.5, 0.6) is 17.2 Å². The Labute approximate surface area is 262 Å². The number of aryl methyl sites for hydroxylation is 1. The molecule has 6 nitrogen and oxygen atoms in total. The fourth-order valence-corrected chi connectivity index (χ4v) is 6.06. The summed E-state index contributed by atoms with van der Waals surface area (Å²) in [6.07, 6.45) is 0. The molecule has 41 heavy (non-hydrogen) atoms. The molecule has 9 heteroatoms. The number of alkyl halides is 1. The Morgan fingerprint density at radius 3 is 2.44 bits per heavy atom. The van der Waals surface area contributed by atoms with Crippen LogP contribution in [0.2, 0.25) is 0 Å². The smallest absolute Gasteiger partial charge is 0.191 e. The minimum absolute atomic E-state index is 0.184. The topological polar surface area (TPSA) is 69.4 Å². The summed E-state index contributed by atoms with van der Waals surface area (Å²) < 4.78 is 14.5. The van der Waals surface area contributed by atoms with Crippen molar-refractivity contribution in [2.75, 3.05) is 19.5 Å². The third-order valence-corrected chi connectivity index (χ3v) is 8.64. The van der Waals surface area contributed by atoms with E-state index in [4.69, 9.17) is 21.1 Å². The highest BCUT2D eigenvalue weighted by Gasteiger charge is 2.18. The van der Waals surface area contributed by atoms with Crippen LogP contribution < -0.4 is 9.47 Å². The van der Waals surface area contributed by atoms with Crippen LogP contribution in [0.15, 0.2) is 96.2 Å². The van der Waals surface area contributed by atoms with Gasteiger partial charge in [0.25, 0.3) is 0 Å². The predicted octanol–water partition coefficient (Wildman–Crippen LogP) is 8.07. The van der Waals surface area contributed by atoms with E-state index in [2.05, 4.69) is 74.6 Å². The number of benzene rings is 4. The normalized spacial score (nSPS) is 11.8. The van der Waals surface area contributed by atoms with Crippen molar-refractivity contribution >= 4 is 46.0 Å². The quantitative estimate of drug-likeness (QED) is 0.0856. The molecule has 1 unspecified atom stereocenters. The molecule has 0 spiro atoms. The van der Waals surface area contributed by atoms with Crippen molar-refractivity contribution in [2.24, 2.45) is 0 Å². The van der Waals surface area contributed by atoms with E-state index >= 15 is 0 Å². The third kappa shape index (κ3) is 7.55. The van der Waals surface area contributed by atoms with Gasteiger partial charge in [0.2, 0.25) is 0 Å². The molecule has 1 heterocycles. The van der Waals surface area contributed by atoms with Crippen LogP contribution in [-0.2, 0) is 6.54 Å². The first kappa shape index (κ1) is 29.3. The fourth-order valence-electron chi connectivity index (χ4n) is 4.33. The third-order valence-electron chi connectivity index (χ3n) is 6.42. The number of para-hydroxylation sites is 1. The second-order valence-electron chi connectivity index (χ2n) is 9.52. The zero-order chi connectivity index (χ0) is 28.8. The highest BCUT2D eigenvalue weighted by Crippen LogP contribution is 2.32. The summed E-state index contributed by atoms with van der Waals surface area (Å²) in [5.41, 5.74) is 5.22. The van der Waals surface area contributed by atoms with Gasteiger partial charge in [-0.2, -0.15) is 0 Å². The van der Waals surface area contributed by atoms with Crippen LogP contribution in [0.25, 0.3) is 22.5 Å². The lowest BCUT2D eigenvalue weighted by molar-refractivity contribution is 0.323.